The number of alkyl halides is 3. The number of nitrogens with zero attached hydrogens (tertiary/aromatic N) is 3. The monoisotopic (exact) mass is 350 g/mol. The second-order valence-corrected chi connectivity index (χ2v) is 5.22. The van der Waals surface area contributed by atoms with Gasteiger partial charge in [0.1, 0.15) is 0 Å². The highest BCUT2D eigenvalue weighted by atomic mass is 35.5. The zero-order chi connectivity index (χ0) is 15.8. The van der Waals surface area contributed by atoms with Gasteiger partial charge in [0.2, 0.25) is 5.88 Å². The minimum absolute atomic E-state index is 0. The van der Waals surface area contributed by atoms with Crippen LogP contribution in [0.15, 0.2) is 22.9 Å². The van der Waals surface area contributed by atoms with Crippen LogP contribution in [0.1, 0.15) is 25.1 Å². The van der Waals surface area contributed by atoms with Gasteiger partial charge in [0, 0.05) is 12.3 Å². The van der Waals surface area contributed by atoms with Gasteiger partial charge in [-0.3, -0.25) is 0 Å². The number of nitrogens with two attached hydrogens (primary N) is 1. The minimum Gasteiger partial charge on any atom is -0.468 e. The molecule has 6 nitrogen and oxygen atoms in total. The first-order chi connectivity index (χ1) is 10.4. The number of hydrogen-bond acceptors (Lipinski definition) is 6. The van der Waals surface area contributed by atoms with E-state index in [9.17, 15) is 13.2 Å². The Balaban J connectivity index is 0.00000192. The Labute approximate surface area is 135 Å². The first-order valence-electron chi connectivity index (χ1n) is 6.65. The molecule has 2 aromatic heterocycles. The third-order valence-electron chi connectivity index (χ3n) is 3.48. The van der Waals surface area contributed by atoms with Crippen molar-refractivity contribution in [2.24, 2.45) is 5.73 Å². The van der Waals surface area contributed by atoms with E-state index in [2.05, 4.69) is 19.9 Å². The fourth-order valence-electron chi connectivity index (χ4n) is 2.07. The Kier molecular flexibility index (Phi) is 4.81. The number of rotatable bonds is 4. The summed E-state index contributed by atoms with van der Waals surface area (Å²) in [7, 11) is 0. The van der Waals surface area contributed by atoms with Crippen LogP contribution in [-0.2, 0) is 5.54 Å². The Hall–Kier alpha value is -1.87. The molecule has 0 radical (unpaired) electrons. The van der Waals surface area contributed by atoms with Gasteiger partial charge < -0.3 is 15.0 Å². The highest BCUT2D eigenvalue weighted by molar-refractivity contribution is 5.85. The smallest absolute Gasteiger partial charge is 0.422 e. The number of aromatic nitrogens is 3. The highest BCUT2D eigenvalue weighted by Gasteiger charge is 2.39. The van der Waals surface area contributed by atoms with Gasteiger partial charge in [0.15, 0.2) is 12.4 Å². The number of pyridine rings is 1. The molecule has 2 N–H and O–H groups in total. The van der Waals surface area contributed by atoms with Crippen LogP contribution < -0.4 is 10.5 Å². The quantitative estimate of drug-likeness (QED) is 0.912. The molecule has 0 spiro atoms. The lowest BCUT2D eigenvalue weighted by atomic mass is 9.77. The number of ether oxygens (including phenoxy) is 1. The van der Waals surface area contributed by atoms with Crippen molar-refractivity contribution in [3.8, 4) is 17.3 Å². The fourth-order valence-corrected chi connectivity index (χ4v) is 2.07. The molecule has 126 valence electrons. The third-order valence-corrected chi connectivity index (χ3v) is 3.48. The van der Waals surface area contributed by atoms with Gasteiger partial charge in [-0.25, -0.2) is 4.98 Å². The average molecular weight is 351 g/mol. The maximum Gasteiger partial charge on any atom is 0.422 e. The third kappa shape index (κ3) is 3.91. The molecule has 0 saturated heterocycles. The van der Waals surface area contributed by atoms with Gasteiger partial charge in [-0.1, -0.05) is 5.16 Å². The zero-order valence-corrected chi connectivity index (χ0v) is 12.7. The van der Waals surface area contributed by atoms with Gasteiger partial charge in [-0.05, 0) is 25.3 Å². The molecule has 1 saturated carbocycles. The molecule has 1 aliphatic rings. The summed E-state index contributed by atoms with van der Waals surface area (Å²) in [5, 5.41) is 3.86. The van der Waals surface area contributed by atoms with Crippen molar-refractivity contribution in [3.63, 3.8) is 0 Å². The first-order valence-corrected chi connectivity index (χ1v) is 6.65. The van der Waals surface area contributed by atoms with Crippen LogP contribution >= 0.6 is 12.4 Å². The molecule has 23 heavy (non-hydrogen) atoms. The second-order valence-electron chi connectivity index (χ2n) is 5.22. The summed E-state index contributed by atoms with van der Waals surface area (Å²) in [6, 6.07) is 2.81. The van der Waals surface area contributed by atoms with Crippen molar-refractivity contribution in [1.82, 2.24) is 15.1 Å². The van der Waals surface area contributed by atoms with E-state index in [4.69, 9.17) is 10.3 Å². The van der Waals surface area contributed by atoms with Crippen molar-refractivity contribution in [1.29, 1.82) is 0 Å². The highest BCUT2D eigenvalue weighted by Crippen LogP contribution is 2.37. The van der Waals surface area contributed by atoms with E-state index in [0.717, 1.165) is 19.3 Å². The number of halogens is 4. The largest absolute Gasteiger partial charge is 0.468 e. The van der Waals surface area contributed by atoms with E-state index in [-0.39, 0.29) is 24.2 Å². The molecule has 0 aliphatic heterocycles. The Bertz CT molecular complexity index is 656. The van der Waals surface area contributed by atoms with E-state index >= 15 is 0 Å². The topological polar surface area (TPSA) is 87.1 Å². The SMILES string of the molecule is Cl.NC1(c2noc(-c3ccc(OCC(F)(F)F)nc3)n2)CCC1. The normalized spacial score (nSPS) is 16.3. The van der Waals surface area contributed by atoms with Crippen LogP contribution in [0.4, 0.5) is 13.2 Å². The van der Waals surface area contributed by atoms with Crippen LogP contribution in [0.2, 0.25) is 0 Å². The summed E-state index contributed by atoms with van der Waals surface area (Å²) in [5.74, 6) is 0.530. The van der Waals surface area contributed by atoms with E-state index in [0.29, 0.717) is 11.4 Å². The molecule has 0 aromatic carbocycles. The Morgan fingerprint density at radius 3 is 2.57 bits per heavy atom. The molecule has 1 aliphatic carbocycles. The summed E-state index contributed by atoms with van der Waals surface area (Å²) in [6.07, 6.45) is -0.469. The van der Waals surface area contributed by atoms with Crippen LogP contribution in [0, 0.1) is 0 Å². The predicted molar refractivity (Wildman–Crippen MR) is 76.0 cm³/mol. The summed E-state index contributed by atoms with van der Waals surface area (Å²) in [4.78, 5) is 8.01. The van der Waals surface area contributed by atoms with E-state index in [1.54, 1.807) is 0 Å². The molecular formula is C13H14ClF3N4O2. The summed E-state index contributed by atoms with van der Waals surface area (Å²) < 4.78 is 45.8. The van der Waals surface area contributed by atoms with Crippen LogP contribution in [-0.4, -0.2) is 27.9 Å². The van der Waals surface area contributed by atoms with Crippen molar-refractivity contribution < 1.29 is 22.4 Å². The molecule has 0 amide bonds. The Morgan fingerprint density at radius 2 is 2.04 bits per heavy atom. The zero-order valence-electron chi connectivity index (χ0n) is 11.8. The maximum absolute atomic E-state index is 12.0. The molecule has 2 heterocycles. The second kappa shape index (κ2) is 6.32. The summed E-state index contributed by atoms with van der Waals surface area (Å²) >= 11 is 0. The van der Waals surface area contributed by atoms with E-state index in [1.807, 2.05) is 0 Å². The lowest BCUT2D eigenvalue weighted by Crippen LogP contribution is -2.44. The molecule has 0 atom stereocenters. The van der Waals surface area contributed by atoms with Crippen LogP contribution in [0.3, 0.4) is 0 Å². The Morgan fingerprint density at radius 1 is 1.30 bits per heavy atom. The van der Waals surface area contributed by atoms with Gasteiger partial charge in [0.05, 0.1) is 11.1 Å². The van der Waals surface area contributed by atoms with E-state index < -0.39 is 18.3 Å². The van der Waals surface area contributed by atoms with Gasteiger partial charge in [-0.2, -0.15) is 18.2 Å². The molecule has 0 unspecified atom stereocenters. The van der Waals surface area contributed by atoms with Gasteiger partial charge in [0.25, 0.3) is 5.89 Å². The first kappa shape index (κ1) is 17.5. The van der Waals surface area contributed by atoms with Gasteiger partial charge in [-0.15, -0.1) is 12.4 Å². The van der Waals surface area contributed by atoms with Crippen molar-refractivity contribution >= 4 is 12.4 Å². The molecule has 1 fully saturated rings. The molecule has 10 heteroatoms. The molecule has 3 rings (SSSR count). The number of hydrogen-bond donors (Lipinski definition) is 1. The maximum atomic E-state index is 12.0. The lowest BCUT2D eigenvalue weighted by Gasteiger charge is -2.34. The van der Waals surface area contributed by atoms with Crippen molar-refractivity contribution in [3.05, 3.63) is 24.2 Å². The van der Waals surface area contributed by atoms with Crippen molar-refractivity contribution in [2.45, 2.75) is 31.0 Å². The predicted octanol–water partition coefficient (Wildman–Crippen LogP) is 2.83. The van der Waals surface area contributed by atoms with Crippen molar-refractivity contribution in [2.75, 3.05) is 6.61 Å². The van der Waals surface area contributed by atoms with E-state index in [1.165, 1.54) is 18.3 Å². The molecular weight excluding hydrogens is 337 g/mol. The van der Waals surface area contributed by atoms with Crippen LogP contribution in [0.5, 0.6) is 5.88 Å². The molecule has 0 bridgehead atoms. The van der Waals surface area contributed by atoms with Crippen LogP contribution in [0.25, 0.3) is 11.5 Å². The summed E-state index contributed by atoms with van der Waals surface area (Å²) in [5.41, 5.74) is 6.04. The average Bonchev–Trinajstić information content (AvgIpc) is 2.92. The minimum atomic E-state index is -4.40. The summed E-state index contributed by atoms with van der Waals surface area (Å²) in [6.45, 7) is -1.39. The lowest BCUT2D eigenvalue weighted by molar-refractivity contribution is -0.154. The standard InChI is InChI=1S/C13H13F3N4O2.ClH/c14-13(15,16)7-21-9-3-2-8(6-18-9)10-19-11(20-22-10)12(17)4-1-5-12;/h2-3,6H,1,4-5,7,17H2;1H. The van der Waals surface area contributed by atoms with Gasteiger partial charge >= 0.3 is 6.18 Å². The molecule has 2 aromatic rings. The fraction of sp³-hybridized carbons (Fsp3) is 0.462.